The average Bonchev–Trinajstić information content (AvgIpc) is 2.46. The van der Waals surface area contributed by atoms with E-state index >= 15 is 0 Å². The largest absolute Gasteiger partial charge is 0.308 e. The van der Waals surface area contributed by atoms with Gasteiger partial charge in [0, 0.05) is 24.7 Å². The van der Waals surface area contributed by atoms with Crippen LogP contribution in [0.5, 0.6) is 0 Å². The number of nitrogens with zero attached hydrogens (tertiary/aromatic N) is 1. The Morgan fingerprint density at radius 2 is 1.76 bits per heavy atom. The van der Waals surface area contributed by atoms with Crippen molar-refractivity contribution in [2.75, 3.05) is 7.05 Å². The van der Waals surface area contributed by atoms with Crippen LogP contribution >= 0.6 is 0 Å². The maximum absolute atomic E-state index is 3.57. The van der Waals surface area contributed by atoms with E-state index in [0.717, 1.165) is 19.1 Å². The van der Waals surface area contributed by atoms with Gasteiger partial charge in [0.25, 0.3) is 0 Å². The van der Waals surface area contributed by atoms with E-state index < -0.39 is 0 Å². The lowest BCUT2D eigenvalue weighted by Crippen LogP contribution is -2.35. The fraction of sp³-hybridized carbons (Fsp3) is 0.684. The molecule has 0 aliphatic heterocycles. The Morgan fingerprint density at radius 3 is 2.43 bits per heavy atom. The lowest BCUT2D eigenvalue weighted by molar-refractivity contribution is 0.184. The second-order valence-corrected chi connectivity index (χ2v) is 7.63. The van der Waals surface area contributed by atoms with Gasteiger partial charge in [-0.25, -0.2) is 0 Å². The smallest absolute Gasteiger partial charge is 0.0233 e. The second-order valence-electron chi connectivity index (χ2n) is 7.63. The fourth-order valence-electron chi connectivity index (χ4n) is 3.14. The van der Waals surface area contributed by atoms with E-state index in [9.17, 15) is 0 Å². The Balaban J connectivity index is 1.90. The summed E-state index contributed by atoms with van der Waals surface area (Å²) in [7, 11) is 2.29. The third kappa shape index (κ3) is 5.80. The first-order valence-electron chi connectivity index (χ1n) is 8.47. The van der Waals surface area contributed by atoms with Gasteiger partial charge in [-0.3, -0.25) is 4.90 Å². The van der Waals surface area contributed by atoms with Crippen molar-refractivity contribution in [3.05, 3.63) is 35.4 Å². The Morgan fingerprint density at radius 1 is 1.10 bits per heavy atom. The van der Waals surface area contributed by atoms with Crippen molar-refractivity contribution < 1.29 is 0 Å². The van der Waals surface area contributed by atoms with Crippen molar-refractivity contribution in [1.82, 2.24) is 10.2 Å². The summed E-state index contributed by atoms with van der Waals surface area (Å²) >= 11 is 0. The zero-order chi connectivity index (χ0) is 15.3. The van der Waals surface area contributed by atoms with E-state index in [-0.39, 0.29) is 5.54 Å². The number of rotatable bonds is 5. The molecule has 0 heterocycles. The normalized spacial score (nSPS) is 17.4. The average molecular weight is 288 g/mol. The van der Waals surface area contributed by atoms with Crippen molar-refractivity contribution in [2.45, 2.75) is 77.5 Å². The highest BCUT2D eigenvalue weighted by atomic mass is 15.1. The third-order valence-electron chi connectivity index (χ3n) is 4.44. The molecule has 118 valence electrons. The van der Waals surface area contributed by atoms with Crippen molar-refractivity contribution in [3.8, 4) is 0 Å². The highest BCUT2D eigenvalue weighted by Crippen LogP contribution is 2.23. The maximum atomic E-state index is 3.57. The lowest BCUT2D eigenvalue weighted by Gasteiger charge is -2.31. The Bertz CT molecular complexity index is 427. The molecule has 0 spiro atoms. The van der Waals surface area contributed by atoms with E-state index in [1.54, 1.807) is 0 Å². The maximum Gasteiger partial charge on any atom is 0.0233 e. The summed E-state index contributed by atoms with van der Waals surface area (Å²) < 4.78 is 0. The van der Waals surface area contributed by atoms with Crippen molar-refractivity contribution in [2.24, 2.45) is 0 Å². The molecule has 1 fully saturated rings. The van der Waals surface area contributed by atoms with Gasteiger partial charge in [0.1, 0.15) is 0 Å². The quantitative estimate of drug-likeness (QED) is 0.867. The molecule has 1 saturated carbocycles. The summed E-state index contributed by atoms with van der Waals surface area (Å²) in [6.45, 7) is 8.67. The summed E-state index contributed by atoms with van der Waals surface area (Å²) in [5.74, 6) is 0. The molecule has 2 heteroatoms. The predicted octanol–water partition coefficient (Wildman–Crippen LogP) is 4.34. The number of hydrogen-bond donors (Lipinski definition) is 1. The Labute approximate surface area is 130 Å². The highest BCUT2D eigenvalue weighted by molar-refractivity contribution is 5.23. The molecule has 0 amide bonds. The minimum Gasteiger partial charge on any atom is -0.308 e. The van der Waals surface area contributed by atoms with Crippen LogP contribution in [0.2, 0.25) is 0 Å². The monoisotopic (exact) mass is 288 g/mol. The molecule has 1 aliphatic carbocycles. The molecule has 0 saturated heterocycles. The van der Waals surface area contributed by atoms with Crippen LogP contribution in [0, 0.1) is 0 Å². The lowest BCUT2D eigenvalue weighted by atomic mass is 9.94. The molecule has 2 rings (SSSR count). The molecule has 0 unspecified atom stereocenters. The first kappa shape index (κ1) is 16.5. The van der Waals surface area contributed by atoms with Crippen LogP contribution in [0.15, 0.2) is 24.3 Å². The number of nitrogens with one attached hydrogen (secondary N) is 1. The van der Waals surface area contributed by atoms with Crippen LogP contribution in [0.3, 0.4) is 0 Å². The molecule has 0 aromatic heterocycles. The minimum atomic E-state index is 0.175. The highest BCUT2D eigenvalue weighted by Gasteiger charge is 2.18. The van der Waals surface area contributed by atoms with Crippen molar-refractivity contribution >= 4 is 0 Å². The third-order valence-corrected chi connectivity index (χ3v) is 4.44. The van der Waals surface area contributed by atoms with Crippen molar-refractivity contribution in [1.29, 1.82) is 0 Å². The molecular weight excluding hydrogens is 256 g/mol. The van der Waals surface area contributed by atoms with Gasteiger partial charge in [-0.1, -0.05) is 43.5 Å². The van der Waals surface area contributed by atoms with Gasteiger partial charge in [-0.15, -0.1) is 0 Å². The Kier molecular flexibility index (Phi) is 5.83. The van der Waals surface area contributed by atoms with E-state index in [1.165, 1.54) is 43.2 Å². The number of hydrogen-bond acceptors (Lipinski definition) is 2. The van der Waals surface area contributed by atoms with Crippen LogP contribution in [0.1, 0.15) is 64.0 Å². The summed E-state index contributed by atoms with van der Waals surface area (Å²) in [5.41, 5.74) is 3.00. The molecule has 0 radical (unpaired) electrons. The van der Waals surface area contributed by atoms with Gasteiger partial charge < -0.3 is 5.32 Å². The molecule has 1 aromatic rings. The molecule has 1 N–H and O–H groups in total. The summed E-state index contributed by atoms with van der Waals surface area (Å²) in [6.07, 6.45) is 7.00. The second kappa shape index (κ2) is 7.42. The molecule has 1 aliphatic rings. The van der Waals surface area contributed by atoms with E-state index in [2.05, 4.69) is 62.3 Å². The van der Waals surface area contributed by atoms with E-state index in [4.69, 9.17) is 0 Å². The molecule has 21 heavy (non-hydrogen) atoms. The molecule has 0 atom stereocenters. The van der Waals surface area contributed by atoms with Gasteiger partial charge in [0.15, 0.2) is 0 Å². The first-order valence-corrected chi connectivity index (χ1v) is 8.47. The molecular formula is C19H32N2. The SMILES string of the molecule is CN(Cc1cccc(CNC(C)(C)C)c1)C1CCCCC1. The Hall–Kier alpha value is -0.860. The van der Waals surface area contributed by atoms with Crippen LogP contribution in [-0.4, -0.2) is 23.5 Å². The van der Waals surface area contributed by atoms with E-state index in [0.29, 0.717) is 0 Å². The van der Waals surface area contributed by atoms with Gasteiger partial charge in [0.2, 0.25) is 0 Å². The predicted molar refractivity (Wildman–Crippen MR) is 91.4 cm³/mol. The molecule has 2 nitrogen and oxygen atoms in total. The zero-order valence-electron chi connectivity index (χ0n) is 14.3. The van der Waals surface area contributed by atoms with Gasteiger partial charge in [-0.2, -0.15) is 0 Å². The first-order chi connectivity index (χ1) is 9.94. The van der Waals surface area contributed by atoms with Gasteiger partial charge in [-0.05, 0) is 51.8 Å². The van der Waals surface area contributed by atoms with Crippen LogP contribution < -0.4 is 5.32 Å². The van der Waals surface area contributed by atoms with Crippen molar-refractivity contribution in [3.63, 3.8) is 0 Å². The number of benzene rings is 1. The summed E-state index contributed by atoms with van der Waals surface area (Å²) in [4.78, 5) is 2.55. The van der Waals surface area contributed by atoms with Crippen LogP contribution in [0.25, 0.3) is 0 Å². The minimum absolute atomic E-state index is 0.175. The van der Waals surface area contributed by atoms with E-state index in [1.807, 2.05) is 0 Å². The molecule has 0 bridgehead atoms. The summed E-state index contributed by atoms with van der Waals surface area (Å²) in [5, 5.41) is 3.57. The standard InChI is InChI=1S/C19H32N2/c1-19(2,3)20-14-16-9-8-10-17(13-16)15-21(4)18-11-6-5-7-12-18/h8-10,13,18,20H,5-7,11-12,14-15H2,1-4H3. The van der Waals surface area contributed by atoms with Crippen LogP contribution in [0.4, 0.5) is 0 Å². The van der Waals surface area contributed by atoms with Crippen LogP contribution in [-0.2, 0) is 13.1 Å². The fourth-order valence-corrected chi connectivity index (χ4v) is 3.14. The summed E-state index contributed by atoms with van der Waals surface area (Å²) in [6, 6.07) is 9.83. The molecule has 1 aromatic carbocycles. The van der Waals surface area contributed by atoms with Gasteiger partial charge in [0.05, 0.1) is 0 Å². The van der Waals surface area contributed by atoms with Gasteiger partial charge >= 0.3 is 0 Å². The zero-order valence-corrected chi connectivity index (χ0v) is 14.3. The topological polar surface area (TPSA) is 15.3 Å².